The first kappa shape index (κ1) is 17.8. The van der Waals surface area contributed by atoms with Gasteiger partial charge in [-0.1, -0.05) is 24.3 Å². The molecule has 0 spiro atoms. The van der Waals surface area contributed by atoms with Gasteiger partial charge < -0.3 is 9.72 Å². The van der Waals surface area contributed by atoms with E-state index in [0.717, 1.165) is 0 Å². The molecule has 1 N–H and O–H groups in total. The standard InChI is InChI=1S/C21H13F3N2O2/c22-21(23,24)28-16-7-5-13(6-8-16)14-9-15(12-25-11-14)19-10-20(27)17-3-1-2-4-18(17)26-19/h1-12H,(H,26,27). The molecule has 0 amide bonds. The highest BCUT2D eigenvalue weighted by Gasteiger charge is 2.30. The van der Waals surface area contributed by atoms with Crippen molar-refractivity contribution in [3.05, 3.63) is 83.3 Å². The summed E-state index contributed by atoms with van der Waals surface area (Å²) in [6, 6.07) is 16.0. The minimum atomic E-state index is -4.73. The van der Waals surface area contributed by atoms with Crippen LogP contribution < -0.4 is 10.2 Å². The Labute approximate surface area is 157 Å². The second-order valence-electron chi connectivity index (χ2n) is 6.13. The smallest absolute Gasteiger partial charge is 0.406 e. The lowest BCUT2D eigenvalue weighted by molar-refractivity contribution is -0.274. The number of nitrogens with zero attached hydrogens (tertiary/aromatic N) is 1. The van der Waals surface area contributed by atoms with Crippen LogP contribution in [0, 0.1) is 0 Å². The quantitative estimate of drug-likeness (QED) is 0.533. The largest absolute Gasteiger partial charge is 0.573 e. The predicted octanol–water partition coefficient (Wildman–Crippen LogP) is 5.16. The normalized spacial score (nSPS) is 11.5. The van der Waals surface area contributed by atoms with Gasteiger partial charge in [0.25, 0.3) is 0 Å². The molecule has 2 heterocycles. The van der Waals surface area contributed by atoms with Crippen molar-refractivity contribution in [1.82, 2.24) is 9.97 Å². The fourth-order valence-corrected chi connectivity index (χ4v) is 2.95. The average molecular weight is 382 g/mol. The van der Waals surface area contributed by atoms with Gasteiger partial charge in [0.15, 0.2) is 5.43 Å². The molecular formula is C21H13F3N2O2. The molecule has 0 aliphatic heterocycles. The van der Waals surface area contributed by atoms with E-state index in [1.807, 2.05) is 18.2 Å². The molecule has 0 radical (unpaired) electrons. The first-order valence-corrected chi connectivity index (χ1v) is 8.33. The number of aromatic amines is 1. The molecule has 0 unspecified atom stereocenters. The topological polar surface area (TPSA) is 55.0 Å². The van der Waals surface area contributed by atoms with Crippen LogP contribution in [0.1, 0.15) is 0 Å². The number of alkyl halides is 3. The molecule has 0 fully saturated rings. The van der Waals surface area contributed by atoms with Crippen molar-refractivity contribution < 1.29 is 17.9 Å². The van der Waals surface area contributed by atoms with Crippen LogP contribution in [0.3, 0.4) is 0 Å². The minimum Gasteiger partial charge on any atom is -0.406 e. The molecule has 28 heavy (non-hydrogen) atoms. The maximum Gasteiger partial charge on any atom is 0.573 e. The van der Waals surface area contributed by atoms with Crippen molar-refractivity contribution in [2.75, 3.05) is 0 Å². The van der Waals surface area contributed by atoms with E-state index in [0.29, 0.717) is 33.3 Å². The Bertz CT molecular complexity index is 1200. The number of aromatic nitrogens is 2. The number of H-pyrrole nitrogens is 1. The van der Waals surface area contributed by atoms with Crippen molar-refractivity contribution >= 4 is 10.9 Å². The summed E-state index contributed by atoms with van der Waals surface area (Å²) in [7, 11) is 0. The van der Waals surface area contributed by atoms with Crippen LogP contribution in [0.2, 0.25) is 0 Å². The summed E-state index contributed by atoms with van der Waals surface area (Å²) in [4.78, 5) is 19.7. The van der Waals surface area contributed by atoms with Crippen molar-refractivity contribution in [1.29, 1.82) is 0 Å². The van der Waals surface area contributed by atoms with Gasteiger partial charge in [0.1, 0.15) is 5.75 Å². The fourth-order valence-electron chi connectivity index (χ4n) is 2.95. The van der Waals surface area contributed by atoms with Crippen molar-refractivity contribution in [3.8, 4) is 28.1 Å². The summed E-state index contributed by atoms with van der Waals surface area (Å²) < 4.78 is 40.7. The van der Waals surface area contributed by atoms with Crippen LogP contribution in [0.15, 0.2) is 77.9 Å². The van der Waals surface area contributed by atoms with Crippen LogP contribution in [0.25, 0.3) is 33.3 Å². The van der Waals surface area contributed by atoms with Crippen molar-refractivity contribution in [3.63, 3.8) is 0 Å². The summed E-state index contributed by atoms with van der Waals surface area (Å²) in [5, 5.41) is 0.593. The van der Waals surface area contributed by atoms with E-state index in [-0.39, 0.29) is 11.2 Å². The molecule has 0 aliphatic rings. The summed E-state index contributed by atoms with van der Waals surface area (Å²) in [5.74, 6) is -0.292. The molecule has 140 valence electrons. The zero-order valence-corrected chi connectivity index (χ0v) is 14.3. The maximum atomic E-state index is 12.3. The Balaban J connectivity index is 1.70. The van der Waals surface area contributed by atoms with E-state index < -0.39 is 6.36 Å². The highest BCUT2D eigenvalue weighted by molar-refractivity contribution is 5.81. The van der Waals surface area contributed by atoms with E-state index >= 15 is 0 Å². The summed E-state index contributed by atoms with van der Waals surface area (Å²) in [6.07, 6.45) is -1.52. The van der Waals surface area contributed by atoms with Crippen LogP contribution in [-0.4, -0.2) is 16.3 Å². The SMILES string of the molecule is O=c1cc(-c2cncc(-c3ccc(OC(F)(F)F)cc3)c2)[nH]c2ccccc12. The molecular weight excluding hydrogens is 369 g/mol. The molecule has 4 rings (SSSR count). The van der Waals surface area contributed by atoms with E-state index in [9.17, 15) is 18.0 Å². The number of halogens is 3. The van der Waals surface area contributed by atoms with Crippen molar-refractivity contribution in [2.24, 2.45) is 0 Å². The number of benzene rings is 2. The number of ether oxygens (including phenoxy) is 1. The number of para-hydroxylation sites is 1. The molecule has 0 saturated heterocycles. The molecule has 0 aliphatic carbocycles. The number of hydrogen-bond acceptors (Lipinski definition) is 3. The highest BCUT2D eigenvalue weighted by atomic mass is 19.4. The Morgan fingerprint density at radius 3 is 2.32 bits per heavy atom. The Morgan fingerprint density at radius 1 is 0.857 bits per heavy atom. The lowest BCUT2D eigenvalue weighted by Crippen LogP contribution is -2.16. The second-order valence-corrected chi connectivity index (χ2v) is 6.13. The molecule has 0 bridgehead atoms. The maximum absolute atomic E-state index is 12.3. The third-order valence-corrected chi connectivity index (χ3v) is 4.21. The second kappa shape index (κ2) is 6.84. The zero-order chi connectivity index (χ0) is 19.7. The molecule has 0 atom stereocenters. The first-order valence-electron chi connectivity index (χ1n) is 8.33. The van der Waals surface area contributed by atoms with Gasteiger partial charge >= 0.3 is 6.36 Å². The van der Waals surface area contributed by atoms with Gasteiger partial charge in [-0.3, -0.25) is 9.78 Å². The third-order valence-electron chi connectivity index (χ3n) is 4.21. The van der Waals surface area contributed by atoms with E-state index in [4.69, 9.17) is 0 Å². The van der Waals surface area contributed by atoms with Gasteiger partial charge in [0, 0.05) is 40.5 Å². The lowest BCUT2D eigenvalue weighted by atomic mass is 10.0. The van der Waals surface area contributed by atoms with Crippen molar-refractivity contribution in [2.45, 2.75) is 6.36 Å². The van der Waals surface area contributed by atoms with Crippen LogP contribution in [-0.2, 0) is 0 Å². The van der Waals surface area contributed by atoms with E-state index in [2.05, 4.69) is 14.7 Å². The zero-order valence-electron chi connectivity index (χ0n) is 14.3. The molecule has 4 aromatic rings. The number of fused-ring (bicyclic) bond motifs is 1. The number of nitrogens with one attached hydrogen (secondary N) is 1. The highest BCUT2D eigenvalue weighted by Crippen LogP contribution is 2.28. The van der Waals surface area contributed by atoms with Gasteiger partial charge in [0.2, 0.25) is 0 Å². The summed E-state index contributed by atoms with van der Waals surface area (Å²) >= 11 is 0. The first-order chi connectivity index (χ1) is 13.4. The number of pyridine rings is 2. The molecule has 0 saturated carbocycles. The monoisotopic (exact) mass is 382 g/mol. The lowest BCUT2D eigenvalue weighted by Gasteiger charge is -2.10. The van der Waals surface area contributed by atoms with Gasteiger partial charge in [-0.25, -0.2) is 0 Å². The Hall–Kier alpha value is -3.61. The Morgan fingerprint density at radius 2 is 1.57 bits per heavy atom. The van der Waals surface area contributed by atoms with Crippen LogP contribution >= 0.6 is 0 Å². The Kier molecular flexibility index (Phi) is 4.35. The third kappa shape index (κ3) is 3.73. The number of hydrogen-bond donors (Lipinski definition) is 1. The van der Waals surface area contributed by atoms with Gasteiger partial charge in [-0.15, -0.1) is 13.2 Å². The van der Waals surface area contributed by atoms with Crippen LogP contribution in [0.4, 0.5) is 13.2 Å². The summed E-state index contributed by atoms with van der Waals surface area (Å²) in [5.41, 5.74) is 3.27. The predicted molar refractivity (Wildman–Crippen MR) is 99.9 cm³/mol. The molecule has 4 nitrogen and oxygen atoms in total. The molecule has 2 aromatic carbocycles. The van der Waals surface area contributed by atoms with E-state index in [1.54, 1.807) is 24.5 Å². The van der Waals surface area contributed by atoms with Gasteiger partial charge in [-0.05, 0) is 35.9 Å². The molecule has 7 heteroatoms. The van der Waals surface area contributed by atoms with Gasteiger partial charge in [-0.2, -0.15) is 0 Å². The summed E-state index contributed by atoms with van der Waals surface area (Å²) in [6.45, 7) is 0. The fraction of sp³-hybridized carbons (Fsp3) is 0.0476. The number of rotatable bonds is 3. The average Bonchev–Trinajstić information content (AvgIpc) is 2.67. The van der Waals surface area contributed by atoms with Crippen LogP contribution in [0.5, 0.6) is 5.75 Å². The van der Waals surface area contributed by atoms with Gasteiger partial charge in [0.05, 0.1) is 5.69 Å². The molecule has 2 aromatic heterocycles. The minimum absolute atomic E-state index is 0.108. The van der Waals surface area contributed by atoms with E-state index in [1.165, 1.54) is 30.3 Å².